The van der Waals surface area contributed by atoms with Gasteiger partial charge in [-0.25, -0.2) is 8.42 Å². The second-order valence-electron chi connectivity index (χ2n) is 5.01. The van der Waals surface area contributed by atoms with Crippen LogP contribution in [-0.4, -0.2) is 26.9 Å². The summed E-state index contributed by atoms with van der Waals surface area (Å²) in [5.74, 6) is 0.300. The maximum absolute atomic E-state index is 12.9. The van der Waals surface area contributed by atoms with E-state index in [9.17, 15) is 8.42 Å². The van der Waals surface area contributed by atoms with Crippen molar-refractivity contribution in [2.45, 2.75) is 17.9 Å². The molecule has 0 fully saturated rings. The first kappa shape index (κ1) is 18.1. The summed E-state index contributed by atoms with van der Waals surface area (Å²) in [6.45, 7) is 1.77. The summed E-state index contributed by atoms with van der Waals surface area (Å²) < 4.78 is 32.2. The molecule has 1 atom stereocenters. The lowest BCUT2D eigenvalue weighted by Gasteiger charge is -2.26. The Kier molecular flexibility index (Phi) is 5.57. The molecule has 0 aliphatic rings. The zero-order valence-corrected chi connectivity index (χ0v) is 15.3. The lowest BCUT2D eigenvalue weighted by Crippen LogP contribution is -2.30. The number of benzene rings is 2. The minimum atomic E-state index is -3.74. The molecule has 0 aromatic heterocycles. The molecule has 2 rings (SSSR count). The zero-order chi connectivity index (χ0) is 17.2. The SMILES string of the molecule is COc1ccccc1S(=O)(=O)N(C)C(C)c1ccc(Cl)cc1Cl. The molecule has 0 amide bonds. The highest BCUT2D eigenvalue weighted by molar-refractivity contribution is 7.89. The highest BCUT2D eigenvalue weighted by atomic mass is 35.5. The van der Waals surface area contributed by atoms with Crippen LogP contribution < -0.4 is 4.74 Å². The molecule has 124 valence electrons. The van der Waals surface area contributed by atoms with E-state index in [-0.39, 0.29) is 4.90 Å². The average Bonchev–Trinajstić information content (AvgIpc) is 2.53. The Morgan fingerprint density at radius 2 is 1.78 bits per heavy atom. The molecule has 0 aliphatic carbocycles. The third-order valence-electron chi connectivity index (χ3n) is 3.68. The fourth-order valence-corrected chi connectivity index (χ4v) is 4.29. The molecule has 7 heteroatoms. The van der Waals surface area contributed by atoms with E-state index in [4.69, 9.17) is 27.9 Å². The number of nitrogens with zero attached hydrogens (tertiary/aromatic N) is 1. The monoisotopic (exact) mass is 373 g/mol. The van der Waals surface area contributed by atoms with Gasteiger partial charge in [0.05, 0.1) is 7.11 Å². The number of sulfonamides is 1. The Balaban J connectivity index is 2.43. The largest absolute Gasteiger partial charge is 0.495 e. The number of hydrogen-bond donors (Lipinski definition) is 0. The second kappa shape index (κ2) is 7.09. The predicted molar refractivity (Wildman–Crippen MR) is 92.8 cm³/mol. The molecule has 0 N–H and O–H groups in total. The molecule has 0 saturated heterocycles. The third kappa shape index (κ3) is 3.63. The van der Waals surface area contributed by atoms with Gasteiger partial charge in [0.1, 0.15) is 10.6 Å². The Bertz CT molecular complexity index is 809. The standard InChI is InChI=1S/C16H17Cl2NO3S/c1-11(13-9-8-12(17)10-14(13)18)19(2)23(20,21)16-7-5-4-6-15(16)22-3/h4-11H,1-3H3. The number of ether oxygens (including phenoxy) is 1. The van der Waals surface area contributed by atoms with Crippen LogP contribution in [0.3, 0.4) is 0 Å². The fourth-order valence-electron chi connectivity index (χ4n) is 2.23. The lowest BCUT2D eigenvalue weighted by atomic mass is 10.1. The maximum atomic E-state index is 12.9. The highest BCUT2D eigenvalue weighted by Gasteiger charge is 2.29. The summed E-state index contributed by atoms with van der Waals surface area (Å²) in [5, 5.41) is 0.924. The first-order valence-electron chi connectivity index (χ1n) is 6.85. The van der Waals surface area contributed by atoms with Crippen molar-refractivity contribution in [3.8, 4) is 5.75 Å². The summed E-state index contributed by atoms with van der Waals surface area (Å²) >= 11 is 12.1. The van der Waals surface area contributed by atoms with Crippen molar-refractivity contribution in [3.63, 3.8) is 0 Å². The Hall–Kier alpha value is -1.27. The average molecular weight is 374 g/mol. The van der Waals surface area contributed by atoms with Crippen LogP contribution in [0.25, 0.3) is 0 Å². The molecule has 0 aliphatic heterocycles. The van der Waals surface area contributed by atoms with E-state index in [2.05, 4.69) is 0 Å². The lowest BCUT2D eigenvalue weighted by molar-refractivity contribution is 0.382. The molecular formula is C16H17Cl2NO3S. The molecule has 0 saturated carbocycles. The molecule has 0 spiro atoms. The van der Waals surface area contributed by atoms with Gasteiger partial charge in [-0.2, -0.15) is 4.31 Å². The van der Waals surface area contributed by atoms with Crippen molar-refractivity contribution in [3.05, 3.63) is 58.1 Å². The minimum absolute atomic E-state index is 0.113. The Morgan fingerprint density at radius 1 is 1.13 bits per heavy atom. The van der Waals surface area contributed by atoms with Crippen LogP contribution in [-0.2, 0) is 10.0 Å². The maximum Gasteiger partial charge on any atom is 0.247 e. The van der Waals surface area contributed by atoms with Crippen molar-refractivity contribution in [2.75, 3.05) is 14.2 Å². The predicted octanol–water partition coefficient (Wildman–Crippen LogP) is 4.38. The molecule has 4 nitrogen and oxygen atoms in total. The molecule has 2 aromatic carbocycles. The van der Waals surface area contributed by atoms with Crippen LogP contribution in [0, 0.1) is 0 Å². The topological polar surface area (TPSA) is 46.6 Å². The van der Waals surface area contributed by atoms with E-state index >= 15 is 0 Å². The van der Waals surface area contributed by atoms with Crippen LogP contribution in [0.1, 0.15) is 18.5 Å². The third-order valence-corrected chi connectivity index (χ3v) is 6.21. The summed E-state index contributed by atoms with van der Waals surface area (Å²) in [6, 6.07) is 11.0. The van der Waals surface area contributed by atoms with Gasteiger partial charge in [0.15, 0.2) is 0 Å². The first-order chi connectivity index (χ1) is 10.8. The van der Waals surface area contributed by atoms with E-state index in [1.54, 1.807) is 43.3 Å². The van der Waals surface area contributed by atoms with Gasteiger partial charge in [0.2, 0.25) is 10.0 Å². The van der Waals surface area contributed by atoms with E-state index in [0.717, 1.165) is 0 Å². The van der Waals surface area contributed by atoms with E-state index in [1.807, 2.05) is 0 Å². The number of methoxy groups -OCH3 is 1. The molecule has 0 radical (unpaired) electrons. The van der Waals surface area contributed by atoms with Crippen LogP contribution in [0.5, 0.6) is 5.75 Å². The fraction of sp³-hybridized carbons (Fsp3) is 0.250. The van der Waals surface area contributed by atoms with Gasteiger partial charge in [-0.15, -0.1) is 0 Å². The quantitative estimate of drug-likeness (QED) is 0.780. The summed E-state index contributed by atoms with van der Waals surface area (Å²) in [6.07, 6.45) is 0. The van der Waals surface area contributed by atoms with Crippen molar-refractivity contribution >= 4 is 33.2 Å². The molecule has 2 aromatic rings. The van der Waals surface area contributed by atoms with Crippen molar-refractivity contribution in [1.82, 2.24) is 4.31 Å². The number of halogens is 2. The van der Waals surface area contributed by atoms with E-state index < -0.39 is 16.1 Å². The van der Waals surface area contributed by atoms with Crippen LogP contribution in [0.15, 0.2) is 47.4 Å². The van der Waals surface area contributed by atoms with E-state index in [1.165, 1.54) is 24.5 Å². The first-order valence-corrected chi connectivity index (χ1v) is 9.04. The van der Waals surface area contributed by atoms with Crippen molar-refractivity contribution < 1.29 is 13.2 Å². The molecule has 1 unspecified atom stereocenters. The van der Waals surface area contributed by atoms with Gasteiger partial charge < -0.3 is 4.74 Å². The van der Waals surface area contributed by atoms with Gasteiger partial charge >= 0.3 is 0 Å². The summed E-state index contributed by atoms with van der Waals surface area (Å²) in [7, 11) is -0.790. The van der Waals surface area contributed by atoms with Gasteiger partial charge in [0.25, 0.3) is 0 Å². The Labute approximate surface area is 146 Å². The van der Waals surface area contributed by atoms with Crippen LogP contribution >= 0.6 is 23.2 Å². The van der Waals surface area contributed by atoms with Crippen LogP contribution in [0.4, 0.5) is 0 Å². The van der Waals surface area contributed by atoms with E-state index in [0.29, 0.717) is 21.4 Å². The number of hydrogen-bond acceptors (Lipinski definition) is 3. The molecule has 23 heavy (non-hydrogen) atoms. The van der Waals surface area contributed by atoms with Crippen molar-refractivity contribution in [1.29, 1.82) is 0 Å². The molecular weight excluding hydrogens is 357 g/mol. The van der Waals surface area contributed by atoms with Gasteiger partial charge in [0, 0.05) is 23.1 Å². The summed E-state index contributed by atoms with van der Waals surface area (Å²) in [4.78, 5) is 0.113. The summed E-state index contributed by atoms with van der Waals surface area (Å²) in [5.41, 5.74) is 0.678. The zero-order valence-electron chi connectivity index (χ0n) is 13.0. The van der Waals surface area contributed by atoms with Gasteiger partial charge in [-0.3, -0.25) is 0 Å². The van der Waals surface area contributed by atoms with Gasteiger partial charge in [-0.05, 0) is 36.8 Å². The second-order valence-corrected chi connectivity index (χ2v) is 7.82. The minimum Gasteiger partial charge on any atom is -0.495 e. The van der Waals surface area contributed by atoms with Gasteiger partial charge in [-0.1, -0.05) is 41.4 Å². The van der Waals surface area contributed by atoms with Crippen LogP contribution in [0.2, 0.25) is 10.0 Å². The molecule has 0 bridgehead atoms. The Morgan fingerprint density at radius 3 is 2.39 bits per heavy atom. The normalized spacial score (nSPS) is 13.1. The smallest absolute Gasteiger partial charge is 0.247 e. The highest BCUT2D eigenvalue weighted by Crippen LogP contribution is 2.34. The molecule has 0 heterocycles. The number of rotatable bonds is 5. The van der Waals surface area contributed by atoms with Crippen molar-refractivity contribution in [2.24, 2.45) is 0 Å². The number of para-hydroxylation sites is 1.